The molecule has 0 aliphatic carbocycles. The van der Waals surface area contributed by atoms with Crippen LogP contribution >= 0.6 is 15.9 Å². The van der Waals surface area contributed by atoms with Crippen molar-refractivity contribution in [2.75, 3.05) is 0 Å². The molecule has 0 amide bonds. The van der Waals surface area contributed by atoms with Crippen molar-refractivity contribution < 1.29 is 9.90 Å². The topological polar surface area (TPSA) is 66.0 Å². The monoisotopic (exact) mass is 308 g/mol. The fraction of sp³-hybridized carbons (Fsp3) is 0.231. The lowest BCUT2D eigenvalue weighted by Gasteiger charge is -2.07. The average Bonchev–Trinajstić information content (AvgIpc) is 2.77. The van der Waals surface area contributed by atoms with Gasteiger partial charge in [0.15, 0.2) is 0 Å². The van der Waals surface area contributed by atoms with E-state index in [1.807, 2.05) is 24.3 Å². The van der Waals surface area contributed by atoms with Gasteiger partial charge >= 0.3 is 5.97 Å². The summed E-state index contributed by atoms with van der Waals surface area (Å²) < 4.78 is 0.985. The first-order chi connectivity index (χ1) is 8.58. The third-order valence-corrected chi connectivity index (χ3v) is 3.28. The molecule has 2 rings (SSSR count). The first kappa shape index (κ1) is 12.8. The number of halogens is 1. The van der Waals surface area contributed by atoms with Crippen LogP contribution < -0.4 is 0 Å². The Kier molecular flexibility index (Phi) is 3.81. The fourth-order valence-corrected chi connectivity index (χ4v) is 2.17. The number of carboxylic acid groups (broad SMARTS) is 1. The van der Waals surface area contributed by atoms with Crippen molar-refractivity contribution in [2.24, 2.45) is 5.92 Å². The summed E-state index contributed by atoms with van der Waals surface area (Å²) in [6.07, 6.45) is 2.17. The van der Waals surface area contributed by atoms with E-state index in [9.17, 15) is 4.79 Å². The van der Waals surface area contributed by atoms with Gasteiger partial charge < -0.3 is 5.11 Å². The van der Waals surface area contributed by atoms with Crippen molar-refractivity contribution in [1.29, 1.82) is 0 Å². The molecule has 0 aliphatic rings. The number of hydrogen-bond donors (Lipinski definition) is 2. The zero-order chi connectivity index (χ0) is 13.1. The molecule has 0 saturated heterocycles. The smallest absolute Gasteiger partial charge is 0.306 e. The Bertz CT molecular complexity index is 566. The van der Waals surface area contributed by atoms with Gasteiger partial charge in [0.1, 0.15) is 0 Å². The first-order valence-electron chi connectivity index (χ1n) is 5.59. The van der Waals surface area contributed by atoms with E-state index in [-0.39, 0.29) is 0 Å². The van der Waals surface area contributed by atoms with Gasteiger partial charge in [-0.3, -0.25) is 9.89 Å². The van der Waals surface area contributed by atoms with E-state index in [1.165, 1.54) is 0 Å². The molecule has 0 radical (unpaired) electrons. The van der Waals surface area contributed by atoms with E-state index in [0.29, 0.717) is 6.42 Å². The summed E-state index contributed by atoms with van der Waals surface area (Å²) in [5.74, 6) is -1.24. The highest BCUT2D eigenvalue weighted by molar-refractivity contribution is 9.10. The van der Waals surface area contributed by atoms with E-state index in [1.54, 1.807) is 13.1 Å². The molecule has 1 atom stereocenters. The lowest BCUT2D eigenvalue weighted by Crippen LogP contribution is -2.12. The molecule has 4 nitrogen and oxygen atoms in total. The normalized spacial score (nSPS) is 12.3. The van der Waals surface area contributed by atoms with Crippen LogP contribution in [0.2, 0.25) is 0 Å². The van der Waals surface area contributed by atoms with Crippen LogP contribution in [0.15, 0.2) is 34.9 Å². The Morgan fingerprint density at radius 2 is 2.33 bits per heavy atom. The highest BCUT2D eigenvalue weighted by Gasteiger charge is 2.16. The second-order valence-corrected chi connectivity index (χ2v) is 5.13. The van der Waals surface area contributed by atoms with Gasteiger partial charge in [-0.1, -0.05) is 35.0 Å². The fourth-order valence-electron chi connectivity index (χ4n) is 1.77. The Morgan fingerprint density at radius 1 is 1.56 bits per heavy atom. The number of nitrogens with one attached hydrogen (secondary N) is 1. The summed E-state index contributed by atoms with van der Waals surface area (Å²) in [5.41, 5.74) is 2.82. The van der Waals surface area contributed by atoms with Crippen LogP contribution in [0, 0.1) is 5.92 Å². The number of rotatable bonds is 4. The van der Waals surface area contributed by atoms with Crippen molar-refractivity contribution in [3.05, 3.63) is 40.6 Å². The summed E-state index contributed by atoms with van der Waals surface area (Å²) >= 11 is 3.42. The second kappa shape index (κ2) is 5.35. The number of aliphatic carboxylic acids is 1. The molecule has 94 valence electrons. The van der Waals surface area contributed by atoms with Gasteiger partial charge in [-0.2, -0.15) is 5.10 Å². The minimum absolute atomic E-state index is 0.434. The van der Waals surface area contributed by atoms with Gasteiger partial charge in [0, 0.05) is 22.2 Å². The molecule has 18 heavy (non-hydrogen) atoms. The Labute approximate surface area is 113 Å². The highest BCUT2D eigenvalue weighted by atomic mass is 79.9. The van der Waals surface area contributed by atoms with E-state index in [4.69, 9.17) is 5.11 Å². The van der Waals surface area contributed by atoms with Crippen LogP contribution in [0.4, 0.5) is 0 Å². The predicted octanol–water partition coefficient (Wildman–Crippen LogP) is 3.10. The van der Waals surface area contributed by atoms with Crippen LogP contribution in [0.5, 0.6) is 0 Å². The van der Waals surface area contributed by atoms with E-state index >= 15 is 0 Å². The van der Waals surface area contributed by atoms with Crippen molar-refractivity contribution >= 4 is 21.9 Å². The number of aromatic amines is 1. The van der Waals surface area contributed by atoms with Crippen molar-refractivity contribution in [3.8, 4) is 11.1 Å². The van der Waals surface area contributed by atoms with Gasteiger partial charge in [-0.25, -0.2) is 0 Å². The van der Waals surface area contributed by atoms with Crippen LogP contribution in [0.25, 0.3) is 11.1 Å². The minimum atomic E-state index is -0.801. The summed E-state index contributed by atoms with van der Waals surface area (Å²) in [5, 5.41) is 15.8. The molecule has 2 N–H and O–H groups in total. The first-order valence-corrected chi connectivity index (χ1v) is 6.38. The van der Waals surface area contributed by atoms with Gasteiger partial charge in [-0.15, -0.1) is 0 Å². The Balaban J connectivity index is 2.30. The van der Waals surface area contributed by atoms with E-state index in [0.717, 1.165) is 21.3 Å². The highest BCUT2D eigenvalue weighted by Crippen LogP contribution is 2.26. The zero-order valence-corrected chi connectivity index (χ0v) is 11.4. The third kappa shape index (κ3) is 2.79. The molecule has 0 bridgehead atoms. The van der Waals surface area contributed by atoms with Gasteiger partial charge in [0.2, 0.25) is 0 Å². The largest absolute Gasteiger partial charge is 0.481 e. The average molecular weight is 309 g/mol. The molecule has 2 aromatic rings. The molecule has 1 heterocycles. The maximum Gasteiger partial charge on any atom is 0.306 e. The molecule has 0 saturated carbocycles. The number of benzene rings is 1. The maximum absolute atomic E-state index is 10.9. The zero-order valence-electron chi connectivity index (χ0n) is 9.85. The summed E-state index contributed by atoms with van der Waals surface area (Å²) in [7, 11) is 0. The van der Waals surface area contributed by atoms with Crippen LogP contribution in [-0.4, -0.2) is 21.3 Å². The summed E-state index contributed by atoms with van der Waals surface area (Å²) in [4.78, 5) is 10.9. The lowest BCUT2D eigenvalue weighted by molar-refractivity contribution is -0.141. The molecule has 0 aliphatic heterocycles. The van der Waals surface area contributed by atoms with Crippen molar-refractivity contribution in [1.82, 2.24) is 10.2 Å². The summed E-state index contributed by atoms with van der Waals surface area (Å²) in [6.45, 7) is 1.69. The lowest BCUT2D eigenvalue weighted by atomic mass is 9.99. The van der Waals surface area contributed by atoms with Gasteiger partial charge in [0.05, 0.1) is 12.1 Å². The van der Waals surface area contributed by atoms with Crippen LogP contribution in [-0.2, 0) is 11.2 Å². The molecule has 1 unspecified atom stereocenters. The molecular formula is C13H13BrN2O2. The molecule has 0 fully saturated rings. The van der Waals surface area contributed by atoms with Gasteiger partial charge in [-0.05, 0) is 17.7 Å². The molecular weight excluding hydrogens is 296 g/mol. The number of hydrogen-bond acceptors (Lipinski definition) is 2. The van der Waals surface area contributed by atoms with Crippen LogP contribution in [0.1, 0.15) is 12.6 Å². The van der Waals surface area contributed by atoms with Crippen LogP contribution in [0.3, 0.4) is 0 Å². The minimum Gasteiger partial charge on any atom is -0.481 e. The Hall–Kier alpha value is -1.62. The third-order valence-electron chi connectivity index (χ3n) is 2.79. The Morgan fingerprint density at radius 3 is 3.00 bits per heavy atom. The number of nitrogens with zero attached hydrogens (tertiary/aromatic N) is 1. The molecule has 0 spiro atoms. The summed E-state index contributed by atoms with van der Waals surface area (Å²) in [6, 6.07) is 7.85. The number of aromatic nitrogens is 2. The number of carbonyl (C=O) groups is 1. The van der Waals surface area contributed by atoms with E-state index < -0.39 is 11.9 Å². The van der Waals surface area contributed by atoms with Crippen molar-refractivity contribution in [3.63, 3.8) is 0 Å². The molecule has 5 heteroatoms. The van der Waals surface area contributed by atoms with Crippen molar-refractivity contribution in [2.45, 2.75) is 13.3 Å². The quantitative estimate of drug-likeness (QED) is 0.912. The number of carboxylic acids is 1. The standard InChI is InChI=1S/C13H13BrN2O2/c1-8(13(17)18)5-12-11(7-15-16-12)9-3-2-4-10(14)6-9/h2-4,6-8H,5H2,1H3,(H,15,16)(H,17,18). The molecule has 1 aromatic carbocycles. The van der Waals surface area contributed by atoms with Gasteiger partial charge in [0.25, 0.3) is 0 Å². The second-order valence-electron chi connectivity index (χ2n) is 4.22. The maximum atomic E-state index is 10.9. The SMILES string of the molecule is CC(Cc1[nH]ncc1-c1cccc(Br)c1)C(=O)O. The number of H-pyrrole nitrogens is 1. The van der Waals surface area contributed by atoms with E-state index in [2.05, 4.69) is 26.1 Å². The predicted molar refractivity (Wildman–Crippen MR) is 72.2 cm³/mol. The molecule has 1 aromatic heterocycles.